The van der Waals surface area contributed by atoms with Gasteiger partial charge >= 0.3 is 0 Å². The molecule has 102 valence electrons. The Hall–Kier alpha value is -0.770. The third kappa shape index (κ3) is 4.48. The fraction of sp³-hybridized carbons (Fsp3) is 0.571. The summed E-state index contributed by atoms with van der Waals surface area (Å²) in [6.45, 7) is 9.51. The van der Waals surface area contributed by atoms with Gasteiger partial charge < -0.3 is 14.7 Å². The number of benzene rings is 1. The average Bonchev–Trinajstić information content (AvgIpc) is 2.36. The second kappa shape index (κ2) is 7.62. The summed E-state index contributed by atoms with van der Waals surface area (Å²) in [6.07, 6.45) is -0.577. The van der Waals surface area contributed by atoms with Gasteiger partial charge in [-0.15, -0.1) is 0 Å². The van der Waals surface area contributed by atoms with Gasteiger partial charge in [-0.3, -0.25) is 0 Å². The highest BCUT2D eigenvalue weighted by atomic mass is 35.5. The van der Waals surface area contributed by atoms with Gasteiger partial charge in [-0.2, -0.15) is 0 Å². The number of halogens is 1. The lowest BCUT2D eigenvalue weighted by Crippen LogP contribution is -2.28. The molecule has 0 saturated heterocycles. The lowest BCUT2D eigenvalue weighted by molar-refractivity contribution is 0.184. The van der Waals surface area contributed by atoms with Crippen LogP contribution in [-0.4, -0.2) is 36.2 Å². The third-order valence-corrected chi connectivity index (χ3v) is 3.22. The van der Waals surface area contributed by atoms with Crippen molar-refractivity contribution in [2.45, 2.75) is 26.9 Å². The van der Waals surface area contributed by atoms with Gasteiger partial charge in [-0.25, -0.2) is 0 Å². The van der Waals surface area contributed by atoms with E-state index >= 15 is 0 Å². The topological polar surface area (TPSA) is 32.7 Å². The molecule has 1 N–H and O–H groups in total. The normalized spacial score (nSPS) is 12.8. The van der Waals surface area contributed by atoms with Crippen molar-refractivity contribution in [3.63, 3.8) is 0 Å². The molecule has 0 aliphatic rings. The SMILES string of the molecule is CCN(CC)CCOc1ccc(Cl)cc1[C@H](C)O. The van der Waals surface area contributed by atoms with Gasteiger partial charge in [-0.05, 0) is 38.2 Å². The first-order valence-electron chi connectivity index (χ1n) is 6.41. The molecule has 0 bridgehead atoms. The summed E-state index contributed by atoms with van der Waals surface area (Å²) in [6, 6.07) is 5.34. The van der Waals surface area contributed by atoms with Crippen LogP contribution in [0.4, 0.5) is 0 Å². The summed E-state index contributed by atoms with van der Waals surface area (Å²) in [5.41, 5.74) is 0.738. The molecule has 0 amide bonds. The molecule has 1 rings (SSSR count). The van der Waals surface area contributed by atoms with E-state index in [1.807, 2.05) is 6.07 Å². The lowest BCUT2D eigenvalue weighted by atomic mass is 10.1. The molecule has 0 aliphatic carbocycles. The Morgan fingerprint density at radius 2 is 2.00 bits per heavy atom. The van der Waals surface area contributed by atoms with E-state index in [1.165, 1.54) is 0 Å². The molecule has 3 nitrogen and oxygen atoms in total. The van der Waals surface area contributed by atoms with E-state index < -0.39 is 6.10 Å². The summed E-state index contributed by atoms with van der Waals surface area (Å²) >= 11 is 5.92. The van der Waals surface area contributed by atoms with Gasteiger partial charge in [0.25, 0.3) is 0 Å². The first-order valence-corrected chi connectivity index (χ1v) is 6.78. The van der Waals surface area contributed by atoms with Crippen molar-refractivity contribution in [2.75, 3.05) is 26.2 Å². The molecular weight excluding hydrogens is 250 g/mol. The Bertz CT molecular complexity index is 365. The smallest absolute Gasteiger partial charge is 0.125 e. The average molecular weight is 272 g/mol. The molecule has 0 saturated carbocycles. The van der Waals surface area contributed by atoms with Crippen LogP contribution in [-0.2, 0) is 0 Å². The molecule has 0 aromatic heterocycles. The molecule has 0 spiro atoms. The van der Waals surface area contributed by atoms with Gasteiger partial charge in [0.15, 0.2) is 0 Å². The predicted molar refractivity (Wildman–Crippen MR) is 75.4 cm³/mol. The van der Waals surface area contributed by atoms with Crippen LogP contribution < -0.4 is 4.74 Å². The highest BCUT2D eigenvalue weighted by Crippen LogP contribution is 2.28. The van der Waals surface area contributed by atoms with Crippen molar-refractivity contribution in [2.24, 2.45) is 0 Å². The van der Waals surface area contributed by atoms with Gasteiger partial charge in [-0.1, -0.05) is 25.4 Å². The van der Waals surface area contributed by atoms with Gasteiger partial charge in [0.1, 0.15) is 12.4 Å². The first-order chi connectivity index (χ1) is 8.58. The number of hydrogen-bond donors (Lipinski definition) is 1. The third-order valence-electron chi connectivity index (χ3n) is 2.98. The molecule has 0 heterocycles. The number of aliphatic hydroxyl groups is 1. The van der Waals surface area contributed by atoms with E-state index in [0.717, 1.165) is 25.2 Å². The maximum Gasteiger partial charge on any atom is 0.125 e. The highest BCUT2D eigenvalue weighted by molar-refractivity contribution is 6.30. The molecule has 18 heavy (non-hydrogen) atoms. The maximum absolute atomic E-state index is 9.68. The monoisotopic (exact) mass is 271 g/mol. The van der Waals surface area contributed by atoms with Crippen LogP contribution in [0.2, 0.25) is 5.02 Å². The van der Waals surface area contributed by atoms with Crippen LogP contribution >= 0.6 is 11.6 Å². The summed E-state index contributed by atoms with van der Waals surface area (Å²) in [4.78, 5) is 2.29. The zero-order chi connectivity index (χ0) is 13.5. The van der Waals surface area contributed by atoms with E-state index in [9.17, 15) is 5.11 Å². The number of nitrogens with zero attached hydrogens (tertiary/aromatic N) is 1. The van der Waals surface area contributed by atoms with Crippen molar-refractivity contribution < 1.29 is 9.84 Å². The Balaban J connectivity index is 2.61. The van der Waals surface area contributed by atoms with E-state index in [1.54, 1.807) is 19.1 Å². The molecule has 0 unspecified atom stereocenters. The molecule has 0 radical (unpaired) electrons. The van der Waals surface area contributed by atoms with Crippen LogP contribution in [0.15, 0.2) is 18.2 Å². The molecule has 4 heteroatoms. The summed E-state index contributed by atoms with van der Waals surface area (Å²) in [5, 5.41) is 10.3. The molecule has 1 atom stereocenters. The van der Waals surface area contributed by atoms with E-state index in [4.69, 9.17) is 16.3 Å². The van der Waals surface area contributed by atoms with Crippen molar-refractivity contribution in [1.29, 1.82) is 0 Å². The highest BCUT2D eigenvalue weighted by Gasteiger charge is 2.10. The second-order valence-electron chi connectivity index (χ2n) is 4.23. The lowest BCUT2D eigenvalue weighted by Gasteiger charge is -2.19. The van der Waals surface area contributed by atoms with Crippen LogP contribution in [0.1, 0.15) is 32.4 Å². The second-order valence-corrected chi connectivity index (χ2v) is 4.67. The van der Waals surface area contributed by atoms with Crippen molar-refractivity contribution in [1.82, 2.24) is 4.90 Å². The Labute approximate surface area is 114 Å². The predicted octanol–water partition coefficient (Wildman–Crippen LogP) is 3.11. The van der Waals surface area contributed by atoms with Gasteiger partial charge in [0.05, 0.1) is 6.10 Å². The van der Waals surface area contributed by atoms with Crippen molar-refractivity contribution >= 4 is 11.6 Å². The number of ether oxygens (including phenoxy) is 1. The Kier molecular flexibility index (Phi) is 6.47. The summed E-state index contributed by atoms with van der Waals surface area (Å²) in [5.74, 6) is 0.710. The number of aliphatic hydroxyl groups excluding tert-OH is 1. The fourth-order valence-corrected chi connectivity index (χ4v) is 1.98. The molecule has 1 aromatic carbocycles. The van der Waals surface area contributed by atoms with Gasteiger partial charge in [0, 0.05) is 17.1 Å². The first kappa shape index (κ1) is 15.3. The van der Waals surface area contributed by atoms with Crippen LogP contribution in [0, 0.1) is 0 Å². The summed E-state index contributed by atoms with van der Waals surface area (Å²) in [7, 11) is 0. The molecule has 0 fully saturated rings. The van der Waals surface area contributed by atoms with E-state index in [2.05, 4.69) is 18.7 Å². The fourth-order valence-electron chi connectivity index (χ4n) is 1.80. The van der Waals surface area contributed by atoms with E-state index in [-0.39, 0.29) is 0 Å². The number of hydrogen-bond acceptors (Lipinski definition) is 3. The molecule has 1 aromatic rings. The standard InChI is InChI=1S/C14H22ClNO2/c1-4-16(5-2)8-9-18-14-7-6-12(15)10-13(14)11(3)17/h6-7,10-11,17H,4-5,8-9H2,1-3H3/t11-/m0/s1. The largest absolute Gasteiger partial charge is 0.492 e. The number of rotatable bonds is 7. The quantitative estimate of drug-likeness (QED) is 0.827. The minimum Gasteiger partial charge on any atom is -0.492 e. The van der Waals surface area contributed by atoms with E-state index in [0.29, 0.717) is 17.4 Å². The number of likely N-dealkylation sites (N-methyl/N-ethyl adjacent to an activating group) is 1. The van der Waals surface area contributed by atoms with Gasteiger partial charge in [0.2, 0.25) is 0 Å². The molecule has 0 aliphatic heterocycles. The zero-order valence-corrected chi connectivity index (χ0v) is 12.1. The minimum atomic E-state index is -0.577. The maximum atomic E-state index is 9.68. The van der Waals surface area contributed by atoms with Crippen LogP contribution in [0.25, 0.3) is 0 Å². The van der Waals surface area contributed by atoms with Crippen LogP contribution in [0.5, 0.6) is 5.75 Å². The molecular formula is C14H22ClNO2. The zero-order valence-electron chi connectivity index (χ0n) is 11.3. The minimum absolute atomic E-state index is 0.577. The van der Waals surface area contributed by atoms with Crippen LogP contribution in [0.3, 0.4) is 0 Å². The Morgan fingerprint density at radius 3 is 2.56 bits per heavy atom. The Morgan fingerprint density at radius 1 is 1.33 bits per heavy atom. The van der Waals surface area contributed by atoms with Crippen molar-refractivity contribution in [3.8, 4) is 5.75 Å². The van der Waals surface area contributed by atoms with Crippen molar-refractivity contribution in [3.05, 3.63) is 28.8 Å². The summed E-state index contributed by atoms with van der Waals surface area (Å²) < 4.78 is 5.73.